The SMILES string of the molecule is CC(C)(Cc1ccc(O)c(Br)c1)C(=O)O. The van der Waals surface area contributed by atoms with Gasteiger partial charge in [-0.15, -0.1) is 0 Å². The van der Waals surface area contributed by atoms with Crippen LogP contribution in [0, 0.1) is 5.41 Å². The molecule has 15 heavy (non-hydrogen) atoms. The van der Waals surface area contributed by atoms with E-state index in [1.807, 2.05) is 0 Å². The summed E-state index contributed by atoms with van der Waals surface area (Å²) in [6, 6.07) is 5.02. The van der Waals surface area contributed by atoms with E-state index in [-0.39, 0.29) is 5.75 Å². The van der Waals surface area contributed by atoms with Crippen molar-refractivity contribution in [3.8, 4) is 5.75 Å². The topological polar surface area (TPSA) is 57.5 Å². The van der Waals surface area contributed by atoms with Gasteiger partial charge in [-0.3, -0.25) is 4.79 Å². The summed E-state index contributed by atoms with van der Waals surface area (Å²) in [5.41, 5.74) is 0.0863. The summed E-state index contributed by atoms with van der Waals surface area (Å²) < 4.78 is 0.584. The number of carboxylic acids is 1. The van der Waals surface area contributed by atoms with E-state index in [9.17, 15) is 9.90 Å². The summed E-state index contributed by atoms with van der Waals surface area (Å²) in [7, 11) is 0. The van der Waals surface area contributed by atoms with E-state index in [0.717, 1.165) is 5.56 Å². The van der Waals surface area contributed by atoms with Crippen LogP contribution in [0.2, 0.25) is 0 Å². The molecule has 1 rings (SSSR count). The molecule has 4 heteroatoms. The number of hydrogen-bond donors (Lipinski definition) is 2. The van der Waals surface area contributed by atoms with Gasteiger partial charge in [0, 0.05) is 0 Å². The van der Waals surface area contributed by atoms with Crippen LogP contribution in [-0.2, 0) is 11.2 Å². The largest absolute Gasteiger partial charge is 0.507 e. The Bertz CT molecular complexity index is 385. The summed E-state index contributed by atoms with van der Waals surface area (Å²) in [6.45, 7) is 3.35. The van der Waals surface area contributed by atoms with Crippen LogP contribution in [-0.4, -0.2) is 16.2 Å². The lowest BCUT2D eigenvalue weighted by molar-refractivity contribution is -0.146. The van der Waals surface area contributed by atoms with Gasteiger partial charge in [0.2, 0.25) is 0 Å². The summed E-state index contributed by atoms with van der Waals surface area (Å²) in [5, 5.41) is 18.3. The Labute approximate surface area is 96.9 Å². The van der Waals surface area contributed by atoms with Crippen LogP contribution in [0.4, 0.5) is 0 Å². The lowest BCUT2D eigenvalue weighted by Crippen LogP contribution is -2.26. The molecule has 0 radical (unpaired) electrons. The molecule has 0 saturated heterocycles. The fourth-order valence-electron chi connectivity index (χ4n) is 1.25. The van der Waals surface area contributed by atoms with Gasteiger partial charge >= 0.3 is 5.97 Å². The standard InChI is InChI=1S/C11H13BrO3/c1-11(2,10(14)15)6-7-3-4-9(13)8(12)5-7/h3-5,13H,6H2,1-2H3,(H,14,15). The number of phenolic OH excluding ortho intramolecular Hbond substituents is 1. The molecule has 0 aliphatic heterocycles. The van der Waals surface area contributed by atoms with E-state index in [4.69, 9.17) is 5.11 Å². The van der Waals surface area contributed by atoms with Crippen LogP contribution in [0.3, 0.4) is 0 Å². The fourth-order valence-corrected chi connectivity index (χ4v) is 1.67. The molecule has 3 nitrogen and oxygen atoms in total. The highest BCUT2D eigenvalue weighted by atomic mass is 79.9. The van der Waals surface area contributed by atoms with Gasteiger partial charge in [0.1, 0.15) is 5.75 Å². The number of hydrogen-bond acceptors (Lipinski definition) is 2. The van der Waals surface area contributed by atoms with E-state index >= 15 is 0 Å². The molecule has 0 aliphatic rings. The predicted molar refractivity (Wildman–Crippen MR) is 60.9 cm³/mol. The zero-order chi connectivity index (χ0) is 11.6. The molecule has 1 aromatic rings. The molecule has 82 valence electrons. The first-order chi connectivity index (χ1) is 6.83. The van der Waals surface area contributed by atoms with Crippen molar-refractivity contribution in [2.45, 2.75) is 20.3 Å². The second-order valence-electron chi connectivity index (χ2n) is 4.15. The van der Waals surface area contributed by atoms with E-state index in [2.05, 4.69) is 15.9 Å². The van der Waals surface area contributed by atoms with Gasteiger partial charge in [-0.1, -0.05) is 6.07 Å². The third kappa shape index (κ3) is 2.96. The van der Waals surface area contributed by atoms with Gasteiger partial charge in [-0.25, -0.2) is 0 Å². The van der Waals surface area contributed by atoms with E-state index in [0.29, 0.717) is 10.9 Å². The van der Waals surface area contributed by atoms with Gasteiger partial charge in [0.05, 0.1) is 9.89 Å². The summed E-state index contributed by atoms with van der Waals surface area (Å²) >= 11 is 3.19. The molecule has 0 heterocycles. The highest BCUT2D eigenvalue weighted by molar-refractivity contribution is 9.10. The third-order valence-electron chi connectivity index (χ3n) is 2.24. The molecular weight excluding hydrogens is 260 g/mol. The van der Waals surface area contributed by atoms with E-state index in [1.165, 1.54) is 0 Å². The molecule has 0 spiro atoms. The smallest absolute Gasteiger partial charge is 0.309 e. The quantitative estimate of drug-likeness (QED) is 0.890. The maximum atomic E-state index is 10.9. The molecule has 0 aromatic heterocycles. The minimum absolute atomic E-state index is 0.159. The average molecular weight is 273 g/mol. The zero-order valence-electron chi connectivity index (χ0n) is 8.62. The third-order valence-corrected chi connectivity index (χ3v) is 2.87. The van der Waals surface area contributed by atoms with Crippen molar-refractivity contribution in [1.29, 1.82) is 0 Å². The lowest BCUT2D eigenvalue weighted by atomic mass is 9.86. The maximum absolute atomic E-state index is 10.9. The Hall–Kier alpha value is -1.03. The summed E-state index contributed by atoms with van der Waals surface area (Å²) in [4.78, 5) is 10.9. The molecule has 0 amide bonds. The monoisotopic (exact) mass is 272 g/mol. The minimum Gasteiger partial charge on any atom is -0.507 e. The Balaban J connectivity index is 2.91. The van der Waals surface area contributed by atoms with Gasteiger partial charge in [0.15, 0.2) is 0 Å². The summed E-state index contributed by atoms with van der Waals surface area (Å²) in [6.07, 6.45) is 0.432. The number of carboxylic acid groups (broad SMARTS) is 1. The van der Waals surface area contributed by atoms with Crippen molar-refractivity contribution in [2.24, 2.45) is 5.41 Å². The predicted octanol–water partition coefficient (Wildman–Crippen LogP) is 2.81. The molecule has 0 fully saturated rings. The van der Waals surface area contributed by atoms with E-state index in [1.54, 1.807) is 32.0 Å². The molecular formula is C11H13BrO3. The number of phenols is 1. The molecule has 2 N–H and O–H groups in total. The molecule has 0 saturated carbocycles. The van der Waals surface area contributed by atoms with Crippen LogP contribution >= 0.6 is 15.9 Å². The Morgan fingerprint density at radius 2 is 2.07 bits per heavy atom. The number of rotatable bonds is 3. The van der Waals surface area contributed by atoms with Crippen molar-refractivity contribution in [2.75, 3.05) is 0 Å². The first-order valence-electron chi connectivity index (χ1n) is 4.54. The first kappa shape index (κ1) is 12.0. The normalized spacial score (nSPS) is 11.4. The number of aliphatic carboxylic acids is 1. The van der Waals surface area contributed by atoms with Crippen LogP contribution in [0.5, 0.6) is 5.75 Å². The lowest BCUT2D eigenvalue weighted by Gasteiger charge is -2.19. The molecule has 0 bridgehead atoms. The highest BCUT2D eigenvalue weighted by Crippen LogP contribution is 2.28. The zero-order valence-corrected chi connectivity index (χ0v) is 10.2. The number of benzene rings is 1. The number of aromatic hydroxyl groups is 1. The van der Waals surface area contributed by atoms with Crippen molar-refractivity contribution >= 4 is 21.9 Å². The highest BCUT2D eigenvalue weighted by Gasteiger charge is 2.27. The average Bonchev–Trinajstić information content (AvgIpc) is 2.10. The maximum Gasteiger partial charge on any atom is 0.309 e. The molecule has 0 atom stereocenters. The Kier molecular flexibility index (Phi) is 3.39. The van der Waals surface area contributed by atoms with Crippen LogP contribution in [0.15, 0.2) is 22.7 Å². The molecule has 0 unspecified atom stereocenters. The van der Waals surface area contributed by atoms with Crippen molar-refractivity contribution in [3.63, 3.8) is 0 Å². The van der Waals surface area contributed by atoms with Crippen molar-refractivity contribution in [1.82, 2.24) is 0 Å². The van der Waals surface area contributed by atoms with Crippen LogP contribution in [0.1, 0.15) is 19.4 Å². The fraction of sp³-hybridized carbons (Fsp3) is 0.364. The number of halogens is 1. The van der Waals surface area contributed by atoms with Crippen molar-refractivity contribution in [3.05, 3.63) is 28.2 Å². The first-order valence-corrected chi connectivity index (χ1v) is 5.33. The van der Waals surface area contributed by atoms with Gasteiger partial charge in [0.25, 0.3) is 0 Å². The van der Waals surface area contributed by atoms with Crippen LogP contribution in [0.25, 0.3) is 0 Å². The van der Waals surface area contributed by atoms with Crippen LogP contribution < -0.4 is 0 Å². The minimum atomic E-state index is -0.827. The Morgan fingerprint density at radius 3 is 2.53 bits per heavy atom. The van der Waals surface area contributed by atoms with Gasteiger partial charge in [-0.2, -0.15) is 0 Å². The Morgan fingerprint density at radius 1 is 1.47 bits per heavy atom. The number of carbonyl (C=O) groups is 1. The van der Waals surface area contributed by atoms with Gasteiger partial charge in [-0.05, 0) is 53.9 Å². The second-order valence-corrected chi connectivity index (χ2v) is 5.01. The van der Waals surface area contributed by atoms with E-state index < -0.39 is 11.4 Å². The second kappa shape index (κ2) is 4.23. The molecule has 0 aliphatic carbocycles. The van der Waals surface area contributed by atoms with Gasteiger partial charge < -0.3 is 10.2 Å². The summed E-state index contributed by atoms with van der Waals surface area (Å²) in [5.74, 6) is -0.668. The van der Waals surface area contributed by atoms with Crippen molar-refractivity contribution < 1.29 is 15.0 Å². The molecule has 1 aromatic carbocycles.